The van der Waals surface area contributed by atoms with E-state index in [-0.39, 0.29) is 14.5 Å². The number of nitrogens with one attached hydrogen (secondary N) is 1. The standard InChI is InChI=1S/C5H6Br2N4O/c1-4(2-5(4,6)7)11-3(12)8-9-10-11/h2H2,1H3,(H,8,10,12). The number of tetrazole rings is 1. The molecule has 2 rings (SSSR count). The first-order chi connectivity index (χ1) is 5.47. The molecule has 1 aromatic heterocycles. The van der Waals surface area contributed by atoms with E-state index in [4.69, 9.17) is 0 Å². The predicted molar refractivity (Wildman–Crippen MR) is 49.5 cm³/mol. The molecule has 5 nitrogen and oxygen atoms in total. The van der Waals surface area contributed by atoms with Gasteiger partial charge in [0.25, 0.3) is 0 Å². The maximum Gasteiger partial charge on any atom is 0.361 e. The van der Waals surface area contributed by atoms with E-state index in [1.54, 1.807) is 0 Å². The van der Waals surface area contributed by atoms with Gasteiger partial charge in [-0.15, -0.1) is 0 Å². The van der Waals surface area contributed by atoms with Crippen LogP contribution in [0.3, 0.4) is 0 Å². The summed E-state index contributed by atoms with van der Waals surface area (Å²) < 4.78 is 1.13. The Bertz CT molecular complexity index is 370. The van der Waals surface area contributed by atoms with Crippen LogP contribution in [0.4, 0.5) is 0 Å². The lowest BCUT2D eigenvalue weighted by Crippen LogP contribution is -2.30. The van der Waals surface area contributed by atoms with E-state index in [1.807, 2.05) is 6.92 Å². The van der Waals surface area contributed by atoms with Gasteiger partial charge in [0, 0.05) is 6.42 Å². The molecular formula is C5H6Br2N4O. The van der Waals surface area contributed by atoms with Crippen molar-refractivity contribution in [3.63, 3.8) is 0 Å². The summed E-state index contributed by atoms with van der Waals surface area (Å²) in [7, 11) is 0. The van der Waals surface area contributed by atoms with E-state index in [2.05, 4.69) is 47.4 Å². The van der Waals surface area contributed by atoms with Gasteiger partial charge in [-0.05, 0) is 17.4 Å². The van der Waals surface area contributed by atoms with Crippen LogP contribution >= 0.6 is 31.9 Å². The topological polar surface area (TPSA) is 63.6 Å². The van der Waals surface area contributed by atoms with Gasteiger partial charge in [-0.2, -0.15) is 4.68 Å². The average molecular weight is 298 g/mol. The minimum Gasteiger partial charge on any atom is -0.244 e. The Balaban J connectivity index is 2.47. The molecule has 0 aliphatic heterocycles. The molecule has 0 bridgehead atoms. The minimum atomic E-state index is -0.308. The van der Waals surface area contributed by atoms with Crippen LogP contribution in [-0.4, -0.2) is 23.4 Å². The van der Waals surface area contributed by atoms with Gasteiger partial charge < -0.3 is 0 Å². The van der Waals surface area contributed by atoms with E-state index >= 15 is 0 Å². The molecule has 12 heavy (non-hydrogen) atoms. The molecule has 0 radical (unpaired) electrons. The van der Waals surface area contributed by atoms with Gasteiger partial charge in [0.15, 0.2) is 0 Å². The third-order valence-electron chi connectivity index (χ3n) is 2.17. The molecule has 1 aliphatic carbocycles. The summed E-state index contributed by atoms with van der Waals surface area (Å²) in [5.74, 6) is 0. The molecule has 1 unspecified atom stereocenters. The molecule has 1 heterocycles. The molecule has 0 saturated heterocycles. The zero-order valence-electron chi connectivity index (χ0n) is 6.21. The lowest BCUT2D eigenvalue weighted by atomic mass is 10.3. The predicted octanol–water partition coefficient (Wildman–Crippen LogP) is 0.571. The van der Waals surface area contributed by atoms with Crippen LogP contribution in [0, 0.1) is 0 Å². The minimum absolute atomic E-state index is 0.215. The van der Waals surface area contributed by atoms with Crippen molar-refractivity contribution >= 4 is 31.9 Å². The maximum atomic E-state index is 11.1. The fourth-order valence-corrected chi connectivity index (χ4v) is 2.57. The van der Waals surface area contributed by atoms with Crippen molar-refractivity contribution in [2.24, 2.45) is 0 Å². The van der Waals surface area contributed by atoms with Crippen molar-refractivity contribution < 1.29 is 0 Å². The molecule has 1 atom stereocenters. The number of halogens is 2. The first-order valence-electron chi connectivity index (χ1n) is 3.36. The zero-order valence-corrected chi connectivity index (χ0v) is 9.38. The highest BCUT2D eigenvalue weighted by molar-refractivity contribution is 9.25. The third kappa shape index (κ3) is 0.922. The second-order valence-corrected chi connectivity index (χ2v) is 6.84. The molecule has 1 N–H and O–H groups in total. The highest BCUT2D eigenvalue weighted by Crippen LogP contribution is 2.63. The summed E-state index contributed by atoms with van der Waals surface area (Å²) in [5, 5.41) is 9.37. The molecule has 0 spiro atoms. The number of alkyl halides is 2. The van der Waals surface area contributed by atoms with E-state index in [0.717, 1.165) is 6.42 Å². The van der Waals surface area contributed by atoms with Crippen molar-refractivity contribution in [3.05, 3.63) is 10.5 Å². The first-order valence-corrected chi connectivity index (χ1v) is 4.95. The molecule has 1 fully saturated rings. The second kappa shape index (κ2) is 2.20. The van der Waals surface area contributed by atoms with Crippen molar-refractivity contribution in [3.8, 4) is 0 Å². The van der Waals surface area contributed by atoms with Gasteiger partial charge in [0.2, 0.25) is 0 Å². The summed E-state index contributed by atoms with van der Waals surface area (Å²) in [4.78, 5) is 11.1. The van der Waals surface area contributed by atoms with Crippen molar-refractivity contribution in [2.75, 3.05) is 0 Å². The maximum absolute atomic E-state index is 11.1. The number of H-pyrrole nitrogens is 1. The Morgan fingerprint density at radius 3 is 2.58 bits per heavy atom. The summed E-state index contributed by atoms with van der Waals surface area (Å²) in [6.07, 6.45) is 0.812. The number of aromatic amines is 1. The molecule has 7 heteroatoms. The largest absolute Gasteiger partial charge is 0.361 e. The summed E-state index contributed by atoms with van der Waals surface area (Å²) >= 11 is 6.88. The van der Waals surface area contributed by atoms with Crippen LogP contribution in [0.2, 0.25) is 0 Å². The van der Waals surface area contributed by atoms with Gasteiger partial charge in [-0.25, -0.2) is 9.89 Å². The summed E-state index contributed by atoms with van der Waals surface area (Å²) in [5.41, 5.74) is -0.588. The van der Waals surface area contributed by atoms with Gasteiger partial charge in [0.1, 0.15) is 3.23 Å². The third-order valence-corrected chi connectivity index (χ3v) is 4.44. The van der Waals surface area contributed by atoms with E-state index in [9.17, 15) is 4.79 Å². The number of hydrogen-bond donors (Lipinski definition) is 1. The van der Waals surface area contributed by atoms with E-state index in [1.165, 1.54) is 4.68 Å². The average Bonchev–Trinajstić information content (AvgIpc) is 2.36. The Morgan fingerprint density at radius 1 is 1.67 bits per heavy atom. The SMILES string of the molecule is CC1(n2nn[nH]c2=O)CC1(Br)Br. The van der Waals surface area contributed by atoms with E-state index in [0.29, 0.717) is 0 Å². The van der Waals surface area contributed by atoms with Gasteiger partial charge in [-0.1, -0.05) is 31.9 Å². The highest BCUT2D eigenvalue weighted by Gasteiger charge is 2.65. The van der Waals surface area contributed by atoms with Crippen LogP contribution < -0.4 is 5.69 Å². The Morgan fingerprint density at radius 2 is 2.25 bits per heavy atom. The molecular weight excluding hydrogens is 292 g/mol. The smallest absolute Gasteiger partial charge is 0.244 e. The second-order valence-electron chi connectivity index (χ2n) is 3.07. The Labute approximate surface area is 84.8 Å². The van der Waals surface area contributed by atoms with Crippen LogP contribution in [0.5, 0.6) is 0 Å². The molecule has 0 aromatic carbocycles. The van der Waals surface area contributed by atoms with Crippen molar-refractivity contribution in [1.82, 2.24) is 20.2 Å². The fraction of sp³-hybridized carbons (Fsp3) is 0.800. The number of aromatic nitrogens is 4. The first kappa shape index (κ1) is 8.43. The molecule has 66 valence electrons. The number of rotatable bonds is 1. The lowest BCUT2D eigenvalue weighted by Gasteiger charge is -2.09. The van der Waals surface area contributed by atoms with Gasteiger partial charge in [0.05, 0.1) is 5.54 Å². The summed E-state index contributed by atoms with van der Waals surface area (Å²) in [6, 6.07) is 0. The lowest BCUT2D eigenvalue weighted by molar-refractivity contribution is 0.445. The quantitative estimate of drug-likeness (QED) is 0.771. The summed E-state index contributed by atoms with van der Waals surface area (Å²) in [6.45, 7) is 1.93. The Kier molecular flexibility index (Phi) is 1.54. The fourth-order valence-electron chi connectivity index (χ4n) is 1.14. The van der Waals surface area contributed by atoms with Gasteiger partial charge >= 0.3 is 5.69 Å². The van der Waals surface area contributed by atoms with Gasteiger partial charge in [-0.3, -0.25) is 0 Å². The highest BCUT2D eigenvalue weighted by atomic mass is 79.9. The molecule has 1 saturated carbocycles. The number of nitrogens with zero attached hydrogens (tertiary/aromatic N) is 3. The van der Waals surface area contributed by atoms with Crippen LogP contribution in [-0.2, 0) is 5.54 Å². The molecule has 1 aromatic rings. The van der Waals surface area contributed by atoms with Crippen LogP contribution in [0.1, 0.15) is 13.3 Å². The van der Waals surface area contributed by atoms with Crippen molar-refractivity contribution in [2.45, 2.75) is 22.1 Å². The molecule has 0 amide bonds. The number of hydrogen-bond acceptors (Lipinski definition) is 3. The molecule has 1 aliphatic rings. The van der Waals surface area contributed by atoms with Crippen LogP contribution in [0.15, 0.2) is 4.79 Å². The zero-order chi connectivity index (χ0) is 8.98. The van der Waals surface area contributed by atoms with Crippen LogP contribution in [0.25, 0.3) is 0 Å². The van der Waals surface area contributed by atoms with E-state index < -0.39 is 0 Å². The normalized spacial score (nSPS) is 31.9. The van der Waals surface area contributed by atoms with Crippen molar-refractivity contribution in [1.29, 1.82) is 0 Å². The Hall–Kier alpha value is -0.170. The monoisotopic (exact) mass is 296 g/mol.